The number of hydrogen-bond donors (Lipinski definition) is 0. The molecule has 0 aliphatic rings. The van der Waals surface area contributed by atoms with Crippen LogP contribution in [-0.2, 0) is 0 Å². The summed E-state index contributed by atoms with van der Waals surface area (Å²) in [6.45, 7) is 0. The summed E-state index contributed by atoms with van der Waals surface area (Å²) in [5, 5.41) is 11.1. The number of nitro groups is 1. The van der Waals surface area contributed by atoms with E-state index in [0.29, 0.717) is 10.6 Å². The lowest BCUT2D eigenvalue weighted by atomic mass is 10.3. The van der Waals surface area contributed by atoms with E-state index in [0.717, 1.165) is 10.6 Å². The van der Waals surface area contributed by atoms with Gasteiger partial charge in [0.2, 0.25) is 0 Å². The van der Waals surface area contributed by atoms with Crippen molar-refractivity contribution in [2.45, 2.75) is 9.79 Å². The lowest BCUT2D eigenvalue weighted by Gasteiger charge is -2.06. The zero-order valence-electron chi connectivity index (χ0n) is 11.0. The SMILES string of the molecule is COc1ccc(Sc2ccc(OC)cc2[N+](=O)[O-])cc1. The topological polar surface area (TPSA) is 61.6 Å². The maximum absolute atomic E-state index is 11.1. The van der Waals surface area contributed by atoms with Crippen molar-refractivity contribution < 1.29 is 14.4 Å². The quantitative estimate of drug-likeness (QED) is 0.620. The van der Waals surface area contributed by atoms with Crippen molar-refractivity contribution in [2.24, 2.45) is 0 Å². The van der Waals surface area contributed by atoms with Crippen molar-refractivity contribution in [3.05, 3.63) is 52.6 Å². The summed E-state index contributed by atoms with van der Waals surface area (Å²) in [7, 11) is 3.08. The minimum absolute atomic E-state index is 0.0326. The molecular weight excluding hydrogens is 278 g/mol. The van der Waals surface area contributed by atoms with E-state index in [1.165, 1.54) is 24.9 Å². The van der Waals surface area contributed by atoms with E-state index < -0.39 is 4.92 Å². The van der Waals surface area contributed by atoms with Crippen LogP contribution in [-0.4, -0.2) is 19.1 Å². The Morgan fingerprint density at radius 2 is 1.60 bits per heavy atom. The highest BCUT2D eigenvalue weighted by Gasteiger charge is 2.16. The van der Waals surface area contributed by atoms with Gasteiger partial charge in [-0.15, -0.1) is 0 Å². The highest BCUT2D eigenvalue weighted by Crippen LogP contribution is 2.37. The third kappa shape index (κ3) is 3.21. The van der Waals surface area contributed by atoms with Gasteiger partial charge in [0.05, 0.1) is 30.1 Å². The van der Waals surface area contributed by atoms with Crippen LogP contribution in [0.5, 0.6) is 11.5 Å². The first kappa shape index (κ1) is 14.2. The Morgan fingerprint density at radius 1 is 1.00 bits per heavy atom. The van der Waals surface area contributed by atoms with E-state index >= 15 is 0 Å². The van der Waals surface area contributed by atoms with Crippen molar-refractivity contribution in [1.29, 1.82) is 0 Å². The summed E-state index contributed by atoms with van der Waals surface area (Å²) in [6, 6.07) is 12.2. The highest BCUT2D eigenvalue weighted by molar-refractivity contribution is 7.99. The number of hydrogen-bond acceptors (Lipinski definition) is 5. The van der Waals surface area contributed by atoms with Crippen molar-refractivity contribution in [2.75, 3.05) is 14.2 Å². The van der Waals surface area contributed by atoms with Gasteiger partial charge in [-0.2, -0.15) is 0 Å². The van der Waals surface area contributed by atoms with Gasteiger partial charge >= 0.3 is 0 Å². The predicted molar refractivity (Wildman–Crippen MR) is 76.8 cm³/mol. The first-order valence-corrected chi connectivity index (χ1v) is 6.60. The number of ether oxygens (including phenoxy) is 2. The largest absolute Gasteiger partial charge is 0.497 e. The Kier molecular flexibility index (Phi) is 4.47. The number of methoxy groups -OCH3 is 2. The molecule has 0 saturated heterocycles. The maximum Gasteiger partial charge on any atom is 0.286 e. The molecule has 0 spiro atoms. The second-order valence-corrected chi connectivity index (χ2v) is 4.98. The minimum atomic E-state index is -0.408. The molecule has 0 aromatic heterocycles. The van der Waals surface area contributed by atoms with Crippen molar-refractivity contribution in [1.82, 2.24) is 0 Å². The lowest BCUT2D eigenvalue weighted by molar-refractivity contribution is -0.387. The van der Waals surface area contributed by atoms with E-state index in [-0.39, 0.29) is 5.69 Å². The molecular formula is C14H13NO4S. The third-order valence-corrected chi connectivity index (χ3v) is 3.72. The number of nitrogens with zero attached hydrogens (tertiary/aromatic N) is 1. The Bertz CT molecular complexity index is 613. The number of nitro benzene ring substituents is 1. The second-order valence-electron chi connectivity index (χ2n) is 3.87. The molecule has 20 heavy (non-hydrogen) atoms. The Balaban J connectivity index is 2.29. The van der Waals surface area contributed by atoms with E-state index in [1.54, 1.807) is 19.2 Å². The molecule has 0 N–H and O–H groups in total. The molecule has 2 aromatic rings. The highest BCUT2D eigenvalue weighted by atomic mass is 32.2. The van der Waals surface area contributed by atoms with Crippen LogP contribution in [0.2, 0.25) is 0 Å². The van der Waals surface area contributed by atoms with Gasteiger partial charge in [0.15, 0.2) is 0 Å². The molecule has 0 unspecified atom stereocenters. The fraction of sp³-hybridized carbons (Fsp3) is 0.143. The van der Waals surface area contributed by atoms with E-state index in [1.807, 2.05) is 24.3 Å². The predicted octanol–water partition coefficient (Wildman–Crippen LogP) is 3.76. The van der Waals surface area contributed by atoms with Crippen LogP contribution >= 0.6 is 11.8 Å². The molecule has 0 atom stereocenters. The van der Waals surface area contributed by atoms with Crippen molar-refractivity contribution >= 4 is 17.4 Å². The molecule has 0 aliphatic carbocycles. The minimum Gasteiger partial charge on any atom is -0.497 e. The summed E-state index contributed by atoms with van der Waals surface area (Å²) in [4.78, 5) is 12.2. The molecule has 0 radical (unpaired) electrons. The van der Waals surface area contributed by atoms with Crippen molar-refractivity contribution in [3.8, 4) is 11.5 Å². The molecule has 104 valence electrons. The first-order chi connectivity index (χ1) is 9.63. The van der Waals surface area contributed by atoms with Crippen LogP contribution in [0.25, 0.3) is 0 Å². The van der Waals surface area contributed by atoms with Gasteiger partial charge < -0.3 is 9.47 Å². The molecule has 0 amide bonds. The van der Waals surface area contributed by atoms with Gasteiger partial charge in [-0.3, -0.25) is 10.1 Å². The zero-order valence-corrected chi connectivity index (χ0v) is 11.8. The monoisotopic (exact) mass is 291 g/mol. The fourth-order valence-electron chi connectivity index (χ4n) is 1.62. The Morgan fingerprint density at radius 3 is 2.15 bits per heavy atom. The van der Waals surface area contributed by atoms with Gasteiger partial charge in [0.25, 0.3) is 5.69 Å². The standard InChI is InChI=1S/C14H13NO4S/c1-18-10-3-6-12(7-4-10)20-14-8-5-11(19-2)9-13(14)15(16)17/h3-9H,1-2H3. The molecule has 0 aliphatic heterocycles. The molecule has 0 saturated carbocycles. The van der Waals surface area contributed by atoms with Crippen LogP contribution < -0.4 is 9.47 Å². The Labute approximate surface area is 120 Å². The lowest BCUT2D eigenvalue weighted by Crippen LogP contribution is -1.92. The summed E-state index contributed by atoms with van der Waals surface area (Å²) >= 11 is 1.33. The van der Waals surface area contributed by atoms with Gasteiger partial charge in [0.1, 0.15) is 11.5 Å². The first-order valence-electron chi connectivity index (χ1n) is 5.78. The summed E-state index contributed by atoms with van der Waals surface area (Å²) in [6.07, 6.45) is 0. The molecule has 0 bridgehead atoms. The van der Waals surface area contributed by atoms with Crippen LogP contribution in [0, 0.1) is 10.1 Å². The maximum atomic E-state index is 11.1. The number of rotatable bonds is 5. The number of benzene rings is 2. The third-order valence-electron chi connectivity index (χ3n) is 2.65. The molecule has 2 aromatic carbocycles. The molecule has 0 fully saturated rings. The van der Waals surface area contributed by atoms with E-state index in [2.05, 4.69) is 0 Å². The van der Waals surface area contributed by atoms with Gasteiger partial charge in [0, 0.05) is 4.90 Å². The van der Waals surface area contributed by atoms with Gasteiger partial charge in [-0.05, 0) is 36.4 Å². The smallest absolute Gasteiger partial charge is 0.286 e. The van der Waals surface area contributed by atoms with Gasteiger partial charge in [-0.1, -0.05) is 11.8 Å². The van der Waals surface area contributed by atoms with Crippen LogP contribution in [0.3, 0.4) is 0 Å². The second kappa shape index (κ2) is 6.29. The van der Waals surface area contributed by atoms with Crippen LogP contribution in [0.1, 0.15) is 0 Å². The summed E-state index contributed by atoms with van der Waals surface area (Å²) < 4.78 is 10.1. The summed E-state index contributed by atoms with van der Waals surface area (Å²) in [5.41, 5.74) is 0.0326. The average Bonchev–Trinajstić information content (AvgIpc) is 2.48. The van der Waals surface area contributed by atoms with Gasteiger partial charge in [-0.25, -0.2) is 0 Å². The Hall–Kier alpha value is -2.21. The summed E-state index contributed by atoms with van der Waals surface area (Å²) in [5.74, 6) is 1.22. The molecule has 0 heterocycles. The van der Waals surface area contributed by atoms with Crippen LogP contribution in [0.4, 0.5) is 5.69 Å². The average molecular weight is 291 g/mol. The fourth-order valence-corrected chi connectivity index (χ4v) is 2.52. The molecule has 2 rings (SSSR count). The van der Waals surface area contributed by atoms with E-state index in [4.69, 9.17) is 9.47 Å². The molecule has 5 nitrogen and oxygen atoms in total. The normalized spacial score (nSPS) is 10.1. The van der Waals surface area contributed by atoms with E-state index in [9.17, 15) is 10.1 Å². The van der Waals surface area contributed by atoms with Crippen molar-refractivity contribution in [3.63, 3.8) is 0 Å². The zero-order chi connectivity index (χ0) is 14.5. The molecule has 6 heteroatoms. The van der Waals surface area contributed by atoms with Crippen LogP contribution in [0.15, 0.2) is 52.3 Å².